The Bertz CT molecular complexity index is 571. The van der Waals surface area contributed by atoms with Gasteiger partial charge in [-0.3, -0.25) is 14.7 Å². The van der Waals surface area contributed by atoms with Crippen LogP contribution in [-0.4, -0.2) is 72.2 Å². The predicted octanol–water partition coefficient (Wildman–Crippen LogP) is 1.60. The quantitative estimate of drug-likeness (QED) is 0.837. The van der Waals surface area contributed by atoms with Crippen molar-refractivity contribution >= 4 is 17.7 Å². The molecule has 2 amide bonds. The predicted molar refractivity (Wildman–Crippen MR) is 91.9 cm³/mol. The zero-order chi connectivity index (χ0) is 17.7. The Kier molecular flexibility index (Phi) is 5.64. The lowest BCUT2D eigenvalue weighted by Gasteiger charge is -2.36. The van der Waals surface area contributed by atoms with Gasteiger partial charge < -0.3 is 14.5 Å². The Labute approximate surface area is 143 Å². The van der Waals surface area contributed by atoms with Gasteiger partial charge in [0.15, 0.2) is 0 Å². The van der Waals surface area contributed by atoms with Gasteiger partial charge in [-0.1, -0.05) is 0 Å². The fourth-order valence-electron chi connectivity index (χ4n) is 2.43. The second kappa shape index (κ2) is 7.51. The fourth-order valence-corrected chi connectivity index (χ4v) is 2.43. The summed E-state index contributed by atoms with van der Waals surface area (Å²) in [5.41, 5.74) is 0.509. The number of nitrogens with zero attached hydrogens (tertiary/aromatic N) is 4. The third-order valence-electron chi connectivity index (χ3n) is 3.78. The normalized spacial score (nSPS) is 15.4. The average molecular weight is 334 g/mol. The van der Waals surface area contributed by atoms with Crippen LogP contribution in [0.25, 0.3) is 0 Å². The van der Waals surface area contributed by atoms with Crippen LogP contribution in [-0.2, 0) is 9.53 Å². The topological polar surface area (TPSA) is 66.0 Å². The van der Waals surface area contributed by atoms with E-state index in [0.29, 0.717) is 19.6 Å². The Balaban J connectivity index is 1.81. The van der Waals surface area contributed by atoms with Gasteiger partial charge in [-0.2, -0.15) is 0 Å². The standard InChI is InChI=1S/C17H26N4O3/c1-17(2,3)24-16(23)21-12-11-20(15(22)13-21)10-9-19(4)14-5-7-18-8-6-14/h5-8H,9-13H2,1-4H3. The van der Waals surface area contributed by atoms with E-state index >= 15 is 0 Å². The number of carbonyl (C=O) groups excluding carboxylic acids is 2. The lowest BCUT2D eigenvalue weighted by molar-refractivity contribution is -0.135. The van der Waals surface area contributed by atoms with Crippen molar-refractivity contribution in [2.45, 2.75) is 26.4 Å². The van der Waals surface area contributed by atoms with E-state index in [2.05, 4.69) is 9.88 Å². The number of aromatic nitrogens is 1. The van der Waals surface area contributed by atoms with Crippen molar-refractivity contribution in [1.29, 1.82) is 0 Å². The van der Waals surface area contributed by atoms with Crippen LogP contribution < -0.4 is 4.90 Å². The number of anilines is 1. The summed E-state index contributed by atoms with van der Waals surface area (Å²) in [4.78, 5) is 33.6. The van der Waals surface area contributed by atoms with Gasteiger partial charge in [-0.15, -0.1) is 0 Å². The molecule has 132 valence electrons. The molecule has 7 heteroatoms. The van der Waals surface area contributed by atoms with Crippen molar-refractivity contribution in [2.24, 2.45) is 0 Å². The number of ether oxygens (including phenoxy) is 1. The van der Waals surface area contributed by atoms with Crippen LogP contribution in [0.5, 0.6) is 0 Å². The first-order valence-electron chi connectivity index (χ1n) is 8.13. The maximum absolute atomic E-state index is 12.3. The van der Waals surface area contributed by atoms with Crippen molar-refractivity contribution in [3.8, 4) is 0 Å². The molecule has 0 saturated carbocycles. The Morgan fingerprint density at radius 3 is 2.54 bits per heavy atom. The van der Waals surface area contributed by atoms with Gasteiger partial charge in [0.25, 0.3) is 0 Å². The van der Waals surface area contributed by atoms with Gasteiger partial charge in [0, 0.05) is 51.3 Å². The molecule has 0 aliphatic carbocycles. The maximum atomic E-state index is 12.3. The van der Waals surface area contributed by atoms with E-state index in [1.165, 1.54) is 4.90 Å². The van der Waals surface area contributed by atoms with E-state index in [1.807, 2.05) is 40.0 Å². The molecule has 7 nitrogen and oxygen atoms in total. The fraction of sp³-hybridized carbons (Fsp3) is 0.588. The molecular weight excluding hydrogens is 308 g/mol. The zero-order valence-electron chi connectivity index (χ0n) is 14.9. The number of likely N-dealkylation sites (N-methyl/N-ethyl adjacent to an activating group) is 1. The molecule has 1 aromatic rings. The summed E-state index contributed by atoms with van der Waals surface area (Å²) in [6.45, 7) is 7.91. The van der Waals surface area contributed by atoms with Gasteiger partial charge in [-0.25, -0.2) is 4.79 Å². The van der Waals surface area contributed by atoms with Crippen molar-refractivity contribution < 1.29 is 14.3 Å². The molecule has 24 heavy (non-hydrogen) atoms. The minimum atomic E-state index is -0.551. The monoisotopic (exact) mass is 334 g/mol. The highest BCUT2D eigenvalue weighted by molar-refractivity contribution is 5.83. The van der Waals surface area contributed by atoms with Crippen LogP contribution in [0, 0.1) is 0 Å². The van der Waals surface area contributed by atoms with Gasteiger partial charge in [-0.05, 0) is 32.9 Å². The molecule has 1 aromatic heterocycles. The number of hydrogen-bond donors (Lipinski definition) is 0. The first kappa shape index (κ1) is 18.0. The molecule has 0 aromatic carbocycles. The van der Waals surface area contributed by atoms with Crippen LogP contribution in [0.1, 0.15) is 20.8 Å². The van der Waals surface area contributed by atoms with Gasteiger partial charge in [0.2, 0.25) is 5.91 Å². The highest BCUT2D eigenvalue weighted by Gasteiger charge is 2.30. The minimum Gasteiger partial charge on any atom is -0.444 e. The number of rotatable bonds is 4. The number of piperazine rings is 1. The van der Waals surface area contributed by atoms with E-state index in [1.54, 1.807) is 17.3 Å². The van der Waals surface area contributed by atoms with E-state index in [-0.39, 0.29) is 12.5 Å². The van der Waals surface area contributed by atoms with Crippen LogP contribution in [0.3, 0.4) is 0 Å². The van der Waals surface area contributed by atoms with Crippen LogP contribution >= 0.6 is 0 Å². The lowest BCUT2D eigenvalue weighted by atomic mass is 10.2. The van der Waals surface area contributed by atoms with Crippen LogP contribution in [0.4, 0.5) is 10.5 Å². The summed E-state index contributed by atoms with van der Waals surface area (Å²) in [5, 5.41) is 0. The summed E-state index contributed by atoms with van der Waals surface area (Å²) < 4.78 is 5.32. The molecule has 1 fully saturated rings. The molecule has 0 atom stereocenters. The number of hydrogen-bond acceptors (Lipinski definition) is 5. The average Bonchev–Trinajstić information content (AvgIpc) is 2.52. The van der Waals surface area contributed by atoms with Crippen LogP contribution in [0.15, 0.2) is 24.5 Å². The summed E-state index contributed by atoms with van der Waals surface area (Å²) in [5.74, 6) is -0.0461. The number of amides is 2. The molecule has 2 heterocycles. The van der Waals surface area contributed by atoms with E-state index in [9.17, 15) is 9.59 Å². The molecule has 1 aliphatic heterocycles. The molecule has 0 N–H and O–H groups in total. The third kappa shape index (κ3) is 5.11. The molecule has 0 unspecified atom stereocenters. The van der Waals surface area contributed by atoms with Crippen LogP contribution in [0.2, 0.25) is 0 Å². The largest absolute Gasteiger partial charge is 0.444 e. The Morgan fingerprint density at radius 1 is 1.29 bits per heavy atom. The van der Waals surface area contributed by atoms with E-state index < -0.39 is 11.7 Å². The highest BCUT2D eigenvalue weighted by atomic mass is 16.6. The van der Waals surface area contributed by atoms with Gasteiger partial charge in [0.05, 0.1) is 0 Å². The second-order valence-corrected chi connectivity index (χ2v) is 6.91. The van der Waals surface area contributed by atoms with Crippen molar-refractivity contribution in [3.05, 3.63) is 24.5 Å². The van der Waals surface area contributed by atoms with Gasteiger partial charge >= 0.3 is 6.09 Å². The van der Waals surface area contributed by atoms with E-state index in [0.717, 1.165) is 12.2 Å². The minimum absolute atomic E-state index is 0.0461. The Hall–Kier alpha value is -2.31. The summed E-state index contributed by atoms with van der Waals surface area (Å²) in [6.07, 6.45) is 3.07. The lowest BCUT2D eigenvalue weighted by Crippen LogP contribution is -2.54. The first-order chi connectivity index (χ1) is 11.3. The maximum Gasteiger partial charge on any atom is 0.410 e. The van der Waals surface area contributed by atoms with Crippen molar-refractivity contribution in [2.75, 3.05) is 44.7 Å². The summed E-state index contributed by atoms with van der Waals surface area (Å²) in [6, 6.07) is 3.87. The molecular formula is C17H26N4O3. The summed E-state index contributed by atoms with van der Waals surface area (Å²) in [7, 11) is 1.98. The SMILES string of the molecule is CN(CCN1CCN(C(=O)OC(C)(C)C)CC1=O)c1ccncc1. The molecule has 1 saturated heterocycles. The zero-order valence-corrected chi connectivity index (χ0v) is 14.9. The molecule has 0 radical (unpaired) electrons. The van der Waals surface area contributed by atoms with Crippen molar-refractivity contribution in [1.82, 2.24) is 14.8 Å². The third-order valence-corrected chi connectivity index (χ3v) is 3.78. The first-order valence-corrected chi connectivity index (χ1v) is 8.13. The molecule has 0 spiro atoms. The molecule has 0 bridgehead atoms. The summed E-state index contributed by atoms with van der Waals surface area (Å²) >= 11 is 0. The highest BCUT2D eigenvalue weighted by Crippen LogP contribution is 2.13. The number of pyridine rings is 1. The van der Waals surface area contributed by atoms with E-state index in [4.69, 9.17) is 4.74 Å². The van der Waals surface area contributed by atoms with Crippen molar-refractivity contribution in [3.63, 3.8) is 0 Å². The second-order valence-electron chi connectivity index (χ2n) is 6.91. The van der Waals surface area contributed by atoms with Gasteiger partial charge in [0.1, 0.15) is 12.1 Å². The number of carbonyl (C=O) groups is 2. The molecule has 1 aliphatic rings. The smallest absolute Gasteiger partial charge is 0.410 e. The molecule has 2 rings (SSSR count). The Morgan fingerprint density at radius 2 is 1.96 bits per heavy atom.